The van der Waals surface area contributed by atoms with Crippen LogP contribution >= 0.6 is 11.8 Å². The van der Waals surface area contributed by atoms with Gasteiger partial charge in [0.15, 0.2) is 12.4 Å². The molecule has 0 bridgehead atoms. The Morgan fingerprint density at radius 1 is 1.08 bits per heavy atom. The van der Waals surface area contributed by atoms with Gasteiger partial charge in [-0.1, -0.05) is 22.4 Å². The number of carbonyl (C=O) groups excluding carboxylic acids is 1. The molecule has 124 valence electrons. The number of benzene rings is 1. The predicted octanol–water partition coefficient (Wildman–Crippen LogP) is 3.93. The van der Waals surface area contributed by atoms with Crippen molar-refractivity contribution in [3.8, 4) is 0 Å². The highest BCUT2D eigenvalue weighted by Crippen LogP contribution is 2.27. The molecular formula is C17H16N2O4S. The largest absolute Gasteiger partial charge is 0.454 e. The number of carbonyl (C=O) groups is 1. The molecule has 2 aromatic heterocycles. The molecular weight excluding hydrogens is 328 g/mol. The normalized spacial score (nSPS) is 10.8. The van der Waals surface area contributed by atoms with Crippen LogP contribution in [0.2, 0.25) is 0 Å². The zero-order chi connectivity index (χ0) is 16.9. The second-order valence-corrected chi connectivity index (χ2v) is 6.25. The van der Waals surface area contributed by atoms with Crippen molar-refractivity contribution in [3.63, 3.8) is 0 Å². The third kappa shape index (κ3) is 4.05. The number of esters is 1. The van der Waals surface area contributed by atoms with E-state index in [1.54, 1.807) is 18.2 Å². The molecule has 24 heavy (non-hydrogen) atoms. The molecule has 7 heteroatoms. The zero-order valence-corrected chi connectivity index (χ0v) is 14.1. The van der Waals surface area contributed by atoms with Gasteiger partial charge in [0.1, 0.15) is 5.76 Å². The minimum absolute atomic E-state index is 0.0555. The maximum atomic E-state index is 12.3. The second kappa shape index (κ2) is 7.35. The molecule has 6 nitrogen and oxygen atoms in total. The van der Waals surface area contributed by atoms with Crippen LogP contribution in [0.15, 0.2) is 50.3 Å². The molecule has 0 saturated heterocycles. The monoisotopic (exact) mass is 344 g/mol. The van der Waals surface area contributed by atoms with Crippen LogP contribution in [-0.2, 0) is 17.1 Å². The number of aromatic nitrogens is 2. The number of thioether (sulfide) groups is 1. The van der Waals surface area contributed by atoms with E-state index in [2.05, 4.69) is 10.3 Å². The maximum Gasteiger partial charge on any atom is 0.339 e. The first-order chi connectivity index (χ1) is 11.6. The van der Waals surface area contributed by atoms with Crippen molar-refractivity contribution in [3.05, 3.63) is 64.9 Å². The van der Waals surface area contributed by atoms with Gasteiger partial charge in [-0.2, -0.15) is 0 Å². The predicted molar refractivity (Wildman–Crippen MR) is 87.6 cm³/mol. The number of hydrogen-bond acceptors (Lipinski definition) is 7. The summed E-state index contributed by atoms with van der Waals surface area (Å²) in [5, 5.41) is 7.62. The summed E-state index contributed by atoms with van der Waals surface area (Å²) < 4.78 is 15.5. The van der Waals surface area contributed by atoms with Gasteiger partial charge < -0.3 is 13.8 Å². The fourth-order valence-electron chi connectivity index (χ4n) is 2.09. The van der Waals surface area contributed by atoms with Crippen molar-refractivity contribution >= 4 is 17.7 Å². The number of hydrogen-bond donors (Lipinski definition) is 0. The molecule has 0 unspecified atom stereocenters. The lowest BCUT2D eigenvalue weighted by Gasteiger charge is -2.07. The number of ether oxygens (including phenoxy) is 1. The van der Waals surface area contributed by atoms with Crippen molar-refractivity contribution in [1.29, 1.82) is 0 Å². The Bertz CT molecular complexity index is 840. The van der Waals surface area contributed by atoms with Crippen molar-refractivity contribution in [2.24, 2.45) is 0 Å². The fourth-order valence-corrected chi connectivity index (χ4v) is 3.01. The van der Waals surface area contributed by atoms with E-state index in [4.69, 9.17) is 13.8 Å². The summed E-state index contributed by atoms with van der Waals surface area (Å²) in [6.07, 6.45) is 0. The van der Waals surface area contributed by atoms with E-state index in [9.17, 15) is 4.79 Å². The second-order valence-electron chi connectivity index (χ2n) is 5.23. The van der Waals surface area contributed by atoms with Crippen molar-refractivity contribution in [1.82, 2.24) is 10.3 Å². The third-order valence-electron chi connectivity index (χ3n) is 3.18. The van der Waals surface area contributed by atoms with Gasteiger partial charge in [-0.05, 0) is 26.0 Å². The van der Waals surface area contributed by atoms with Crippen LogP contribution in [0.4, 0.5) is 0 Å². The Morgan fingerprint density at radius 3 is 2.42 bits per heavy atom. The molecule has 0 radical (unpaired) electrons. The van der Waals surface area contributed by atoms with E-state index in [0.29, 0.717) is 17.1 Å². The topological polar surface area (TPSA) is 78.4 Å². The SMILES string of the molecule is Cc1cc(COC(=O)c2ccccc2SCc2cc(C)no2)on1. The molecule has 0 aliphatic rings. The van der Waals surface area contributed by atoms with Gasteiger partial charge in [0.05, 0.1) is 22.7 Å². The lowest BCUT2D eigenvalue weighted by Crippen LogP contribution is -2.06. The molecule has 0 saturated carbocycles. The summed E-state index contributed by atoms with van der Waals surface area (Å²) in [4.78, 5) is 13.2. The minimum Gasteiger partial charge on any atom is -0.454 e. The average Bonchev–Trinajstić information content (AvgIpc) is 3.19. The van der Waals surface area contributed by atoms with Crippen LogP contribution in [0.3, 0.4) is 0 Å². The minimum atomic E-state index is -0.402. The number of aryl methyl sites for hydroxylation is 2. The van der Waals surface area contributed by atoms with Gasteiger partial charge >= 0.3 is 5.97 Å². The Kier molecular flexibility index (Phi) is 5.00. The highest BCUT2D eigenvalue weighted by atomic mass is 32.2. The lowest BCUT2D eigenvalue weighted by molar-refractivity contribution is 0.0433. The Morgan fingerprint density at radius 2 is 1.75 bits per heavy atom. The van der Waals surface area contributed by atoms with Crippen LogP contribution in [-0.4, -0.2) is 16.3 Å². The maximum absolute atomic E-state index is 12.3. The molecule has 2 heterocycles. The van der Waals surface area contributed by atoms with Crippen molar-refractivity contribution < 1.29 is 18.6 Å². The van der Waals surface area contributed by atoms with Crippen LogP contribution in [0, 0.1) is 13.8 Å². The average molecular weight is 344 g/mol. The highest BCUT2D eigenvalue weighted by molar-refractivity contribution is 7.98. The molecule has 0 spiro atoms. The number of nitrogens with zero attached hydrogens (tertiary/aromatic N) is 2. The first kappa shape index (κ1) is 16.3. The molecule has 0 aliphatic heterocycles. The van der Waals surface area contributed by atoms with E-state index in [1.165, 1.54) is 11.8 Å². The molecule has 0 fully saturated rings. The van der Waals surface area contributed by atoms with Gasteiger partial charge in [0.25, 0.3) is 0 Å². The summed E-state index contributed by atoms with van der Waals surface area (Å²) in [5.41, 5.74) is 2.09. The van der Waals surface area contributed by atoms with Gasteiger partial charge in [0.2, 0.25) is 0 Å². The fraction of sp³-hybridized carbons (Fsp3) is 0.235. The van der Waals surface area contributed by atoms with Gasteiger partial charge in [-0.3, -0.25) is 0 Å². The van der Waals surface area contributed by atoms with Gasteiger partial charge in [-0.25, -0.2) is 4.79 Å². The standard InChI is InChI=1S/C17H16N2O4S/c1-11-7-13(22-18-11)9-21-17(20)15-5-3-4-6-16(15)24-10-14-8-12(2)19-23-14/h3-8H,9-10H2,1-2H3. The van der Waals surface area contributed by atoms with Crippen LogP contribution < -0.4 is 0 Å². The third-order valence-corrected chi connectivity index (χ3v) is 4.27. The zero-order valence-electron chi connectivity index (χ0n) is 13.3. The molecule has 0 N–H and O–H groups in total. The van der Waals surface area contributed by atoms with Gasteiger partial charge in [0, 0.05) is 17.0 Å². The van der Waals surface area contributed by atoms with Crippen LogP contribution in [0.5, 0.6) is 0 Å². The van der Waals surface area contributed by atoms with Gasteiger partial charge in [-0.15, -0.1) is 11.8 Å². The van der Waals surface area contributed by atoms with E-state index < -0.39 is 5.97 Å². The number of rotatable bonds is 6. The van der Waals surface area contributed by atoms with Crippen LogP contribution in [0.25, 0.3) is 0 Å². The van der Waals surface area contributed by atoms with Crippen molar-refractivity contribution in [2.45, 2.75) is 31.1 Å². The Hall–Kier alpha value is -2.54. The molecule has 0 atom stereocenters. The first-order valence-electron chi connectivity index (χ1n) is 7.35. The molecule has 3 rings (SSSR count). The summed E-state index contributed by atoms with van der Waals surface area (Å²) >= 11 is 1.50. The Balaban J connectivity index is 1.65. The Labute approximate surface area is 143 Å². The molecule has 1 aromatic carbocycles. The summed E-state index contributed by atoms with van der Waals surface area (Å²) in [5.74, 6) is 1.47. The smallest absolute Gasteiger partial charge is 0.339 e. The molecule has 0 amide bonds. The van der Waals surface area contributed by atoms with Crippen LogP contribution in [0.1, 0.15) is 33.3 Å². The van der Waals surface area contributed by atoms with E-state index in [1.807, 2.05) is 32.0 Å². The molecule has 0 aliphatic carbocycles. The summed E-state index contributed by atoms with van der Waals surface area (Å²) in [7, 11) is 0. The quantitative estimate of drug-likeness (QED) is 0.495. The first-order valence-corrected chi connectivity index (χ1v) is 8.34. The van der Waals surface area contributed by atoms with E-state index >= 15 is 0 Å². The summed E-state index contributed by atoms with van der Waals surface area (Å²) in [6, 6.07) is 10.9. The summed E-state index contributed by atoms with van der Waals surface area (Å²) in [6.45, 7) is 3.74. The van der Waals surface area contributed by atoms with Crippen molar-refractivity contribution in [2.75, 3.05) is 0 Å². The van der Waals surface area contributed by atoms with E-state index in [0.717, 1.165) is 22.0 Å². The lowest BCUT2D eigenvalue weighted by atomic mass is 10.2. The highest BCUT2D eigenvalue weighted by Gasteiger charge is 2.15. The molecule has 3 aromatic rings. The van der Waals surface area contributed by atoms with E-state index in [-0.39, 0.29) is 6.61 Å².